The van der Waals surface area contributed by atoms with Crippen LogP contribution in [0.1, 0.15) is 11.4 Å². The van der Waals surface area contributed by atoms with Crippen molar-refractivity contribution in [2.45, 2.75) is 13.8 Å². The van der Waals surface area contributed by atoms with Crippen LogP contribution in [0.15, 0.2) is 97.7 Å². The summed E-state index contributed by atoms with van der Waals surface area (Å²) in [5.74, 6) is 2.63. The Labute approximate surface area is 237 Å². The van der Waals surface area contributed by atoms with Gasteiger partial charge < -0.3 is 19.1 Å². The van der Waals surface area contributed by atoms with Gasteiger partial charge in [0.25, 0.3) is 0 Å². The maximum atomic E-state index is 4.32. The standard InChI is InChI=1S/2C11H11N2.C8H6N3.Ir/c2*1-9-8-12-11(13(9)2)10-6-4-3-5-7-10;1-2-4-9-7(3-1)8-10-5-6-11-8;/h2*3-6,8H,1-2H3;1-6H;/q3*-1;+3. The number of pyridine rings is 1. The van der Waals surface area contributed by atoms with Crippen molar-refractivity contribution < 1.29 is 20.1 Å². The van der Waals surface area contributed by atoms with Crippen molar-refractivity contribution in [1.82, 2.24) is 34.1 Å². The molecule has 0 fully saturated rings. The van der Waals surface area contributed by atoms with Crippen LogP contribution in [-0.2, 0) is 34.2 Å². The van der Waals surface area contributed by atoms with Crippen molar-refractivity contribution in [3.63, 3.8) is 0 Å². The van der Waals surface area contributed by atoms with Gasteiger partial charge in [-0.3, -0.25) is 15.0 Å². The number of hydrogen-bond donors (Lipinski definition) is 0. The van der Waals surface area contributed by atoms with Crippen LogP contribution < -0.4 is 4.98 Å². The molecule has 0 aliphatic carbocycles. The summed E-state index contributed by atoms with van der Waals surface area (Å²) in [6.07, 6.45) is 8.78. The van der Waals surface area contributed by atoms with Gasteiger partial charge >= 0.3 is 20.1 Å². The van der Waals surface area contributed by atoms with E-state index in [1.807, 2.05) is 107 Å². The minimum Gasteiger partial charge on any atom is -0.441 e. The average Bonchev–Trinajstić information content (AvgIpc) is 3.69. The summed E-state index contributed by atoms with van der Waals surface area (Å²) in [4.78, 5) is 20.8. The van der Waals surface area contributed by atoms with Crippen molar-refractivity contribution >= 4 is 0 Å². The topological polar surface area (TPSA) is 75.5 Å². The first-order valence-corrected chi connectivity index (χ1v) is 11.8. The van der Waals surface area contributed by atoms with E-state index < -0.39 is 0 Å². The first kappa shape index (κ1) is 28.4. The molecular formula is C30H28IrN7. The fraction of sp³-hybridized carbons (Fsp3) is 0.133. The molecule has 0 aliphatic heterocycles. The first-order chi connectivity index (χ1) is 18.0. The second-order valence-corrected chi connectivity index (χ2v) is 8.21. The SMILES string of the molecule is Cc1cnc(-c2[c-]cccc2)n1C.Cc1cnc(-c2[c-]cccc2)n1C.[Ir+3].c1ccc(-c2ncc[n-]2)nc1. The summed E-state index contributed by atoms with van der Waals surface area (Å²) in [5.41, 5.74) is 5.22. The molecule has 4 heterocycles. The van der Waals surface area contributed by atoms with Crippen LogP contribution in [-0.4, -0.2) is 29.1 Å². The van der Waals surface area contributed by atoms with Gasteiger partial charge in [0, 0.05) is 44.1 Å². The predicted molar refractivity (Wildman–Crippen MR) is 145 cm³/mol. The Morgan fingerprint density at radius 3 is 1.58 bits per heavy atom. The average molecular weight is 679 g/mol. The number of aryl methyl sites for hydroxylation is 2. The van der Waals surface area contributed by atoms with Gasteiger partial charge in [0.2, 0.25) is 0 Å². The Kier molecular flexibility index (Phi) is 10.5. The Morgan fingerprint density at radius 2 is 1.21 bits per heavy atom. The largest absolute Gasteiger partial charge is 3.00 e. The van der Waals surface area contributed by atoms with Crippen LogP contribution in [0.4, 0.5) is 0 Å². The second-order valence-electron chi connectivity index (χ2n) is 8.21. The Bertz CT molecular complexity index is 1410. The van der Waals surface area contributed by atoms with Gasteiger partial charge in [-0.1, -0.05) is 18.5 Å². The van der Waals surface area contributed by atoms with Crippen molar-refractivity contribution in [3.8, 4) is 34.3 Å². The molecule has 0 radical (unpaired) electrons. The molecule has 6 rings (SSSR count). The van der Waals surface area contributed by atoms with Crippen LogP contribution in [0, 0.1) is 26.0 Å². The van der Waals surface area contributed by atoms with Crippen molar-refractivity contribution in [3.05, 3.63) is 121 Å². The predicted octanol–water partition coefficient (Wildman–Crippen LogP) is 5.49. The van der Waals surface area contributed by atoms with Crippen LogP contribution in [0.2, 0.25) is 0 Å². The molecule has 0 atom stereocenters. The molecule has 38 heavy (non-hydrogen) atoms. The molecule has 7 nitrogen and oxygen atoms in total. The maximum Gasteiger partial charge on any atom is 3.00 e. The molecule has 192 valence electrons. The van der Waals surface area contributed by atoms with Gasteiger partial charge in [-0.05, 0) is 31.8 Å². The van der Waals surface area contributed by atoms with Gasteiger partial charge in [0.15, 0.2) is 0 Å². The summed E-state index contributed by atoms with van der Waals surface area (Å²) in [6, 6.07) is 27.7. The zero-order valence-corrected chi connectivity index (χ0v) is 24.1. The molecule has 6 aromatic rings. The third kappa shape index (κ3) is 7.22. The van der Waals surface area contributed by atoms with E-state index in [1.165, 1.54) is 0 Å². The zero-order valence-electron chi connectivity index (χ0n) is 21.7. The van der Waals surface area contributed by atoms with E-state index in [1.54, 1.807) is 18.6 Å². The normalized spacial score (nSPS) is 9.89. The van der Waals surface area contributed by atoms with Crippen LogP contribution in [0.5, 0.6) is 0 Å². The Balaban J connectivity index is 0.000000156. The van der Waals surface area contributed by atoms with Gasteiger partial charge in [-0.25, -0.2) is 0 Å². The van der Waals surface area contributed by atoms with Crippen LogP contribution >= 0.6 is 0 Å². The van der Waals surface area contributed by atoms with E-state index in [2.05, 4.69) is 46.2 Å². The van der Waals surface area contributed by atoms with E-state index in [-0.39, 0.29) is 20.1 Å². The summed E-state index contributed by atoms with van der Waals surface area (Å²) in [6.45, 7) is 4.08. The monoisotopic (exact) mass is 679 g/mol. The number of benzene rings is 2. The van der Waals surface area contributed by atoms with E-state index in [4.69, 9.17) is 0 Å². The minimum absolute atomic E-state index is 0. The smallest absolute Gasteiger partial charge is 0.441 e. The van der Waals surface area contributed by atoms with E-state index in [9.17, 15) is 0 Å². The van der Waals surface area contributed by atoms with Crippen molar-refractivity contribution in [2.75, 3.05) is 0 Å². The molecule has 0 N–H and O–H groups in total. The molecule has 8 heteroatoms. The summed E-state index contributed by atoms with van der Waals surface area (Å²) in [5, 5.41) is 0. The minimum atomic E-state index is 0. The van der Waals surface area contributed by atoms with Crippen LogP contribution in [0.25, 0.3) is 34.3 Å². The fourth-order valence-electron chi connectivity index (χ4n) is 3.42. The van der Waals surface area contributed by atoms with E-state index in [0.29, 0.717) is 5.82 Å². The molecule has 4 aromatic heterocycles. The number of hydrogen-bond acceptors (Lipinski definition) is 4. The molecule has 2 aromatic carbocycles. The second kappa shape index (κ2) is 14.0. The van der Waals surface area contributed by atoms with E-state index in [0.717, 1.165) is 39.9 Å². The molecule has 0 saturated heterocycles. The molecule has 0 unspecified atom stereocenters. The summed E-state index contributed by atoms with van der Waals surface area (Å²) in [7, 11) is 4.02. The van der Waals surface area contributed by atoms with Gasteiger partial charge in [-0.2, -0.15) is 0 Å². The Morgan fingerprint density at radius 1 is 0.658 bits per heavy atom. The molecular weight excluding hydrogens is 651 g/mol. The van der Waals surface area contributed by atoms with Gasteiger partial charge in [-0.15, -0.1) is 71.8 Å². The molecule has 0 saturated carbocycles. The summed E-state index contributed by atoms with van der Waals surface area (Å²) >= 11 is 0. The number of aromatic nitrogens is 7. The molecule has 0 aliphatic rings. The molecule has 0 bridgehead atoms. The maximum absolute atomic E-state index is 4.32. The van der Waals surface area contributed by atoms with Gasteiger partial charge in [0.05, 0.1) is 17.3 Å². The first-order valence-electron chi connectivity index (χ1n) is 11.8. The molecule has 0 amide bonds. The number of rotatable bonds is 3. The Hall–Kier alpha value is -4.13. The zero-order chi connectivity index (χ0) is 26.0. The van der Waals surface area contributed by atoms with Crippen LogP contribution in [0.3, 0.4) is 0 Å². The quantitative estimate of drug-likeness (QED) is 0.232. The fourth-order valence-corrected chi connectivity index (χ4v) is 3.42. The van der Waals surface area contributed by atoms with Crippen molar-refractivity contribution in [1.29, 1.82) is 0 Å². The molecule has 0 spiro atoms. The van der Waals surface area contributed by atoms with E-state index >= 15 is 0 Å². The third-order valence-electron chi connectivity index (χ3n) is 5.70. The summed E-state index contributed by atoms with van der Waals surface area (Å²) < 4.78 is 4.12. The van der Waals surface area contributed by atoms with Crippen molar-refractivity contribution in [2.24, 2.45) is 14.1 Å². The number of imidazole rings is 3. The van der Waals surface area contributed by atoms with Gasteiger partial charge in [0.1, 0.15) is 0 Å². The third-order valence-corrected chi connectivity index (χ3v) is 5.70. The number of nitrogens with zero attached hydrogens (tertiary/aromatic N) is 7.